The van der Waals surface area contributed by atoms with Crippen molar-refractivity contribution >= 4 is 0 Å². The molecule has 3 rings (SSSR count). The van der Waals surface area contributed by atoms with Crippen LogP contribution in [0.25, 0.3) is 0 Å². The van der Waals surface area contributed by atoms with Gasteiger partial charge in [0.15, 0.2) is 0 Å². The highest BCUT2D eigenvalue weighted by Gasteiger charge is 2.40. The van der Waals surface area contributed by atoms with Gasteiger partial charge in [-0.25, -0.2) is 4.39 Å². The van der Waals surface area contributed by atoms with E-state index in [4.69, 9.17) is 5.84 Å². The van der Waals surface area contributed by atoms with E-state index in [1.165, 1.54) is 37.8 Å². The highest BCUT2D eigenvalue weighted by Crippen LogP contribution is 2.39. The topological polar surface area (TPSA) is 41.3 Å². The van der Waals surface area contributed by atoms with Gasteiger partial charge in [-0.3, -0.25) is 11.3 Å². The van der Waals surface area contributed by atoms with Crippen LogP contribution < -0.4 is 11.3 Å². The molecule has 110 valence electrons. The first-order valence-electron chi connectivity index (χ1n) is 7.60. The number of hydrazine groups is 1. The van der Waals surface area contributed by atoms with Crippen LogP contribution in [-0.2, 0) is 6.42 Å². The predicted molar refractivity (Wildman–Crippen MR) is 78.5 cm³/mol. The van der Waals surface area contributed by atoms with Crippen LogP contribution in [0.15, 0.2) is 24.3 Å². The number of hydrogen-bond acceptors (Lipinski definition) is 3. The minimum Gasteiger partial charge on any atom is -0.300 e. The molecule has 0 aromatic heterocycles. The zero-order chi connectivity index (χ0) is 14.1. The third-order valence-corrected chi connectivity index (χ3v) is 5.29. The molecule has 2 saturated heterocycles. The van der Waals surface area contributed by atoms with Crippen molar-refractivity contribution < 1.29 is 4.39 Å². The Hall–Kier alpha value is -0.970. The lowest BCUT2D eigenvalue weighted by atomic mass is 9.83. The maximum Gasteiger partial charge on any atom is 0.123 e. The smallest absolute Gasteiger partial charge is 0.123 e. The molecule has 3 unspecified atom stereocenters. The van der Waals surface area contributed by atoms with Crippen LogP contribution >= 0.6 is 0 Å². The molecule has 2 fully saturated rings. The van der Waals surface area contributed by atoms with E-state index in [0.717, 1.165) is 24.1 Å². The summed E-state index contributed by atoms with van der Waals surface area (Å²) in [5.74, 6) is 6.24. The van der Waals surface area contributed by atoms with Crippen LogP contribution in [0.1, 0.15) is 31.2 Å². The quantitative estimate of drug-likeness (QED) is 0.654. The molecule has 3 nitrogen and oxygen atoms in total. The largest absolute Gasteiger partial charge is 0.300 e. The van der Waals surface area contributed by atoms with E-state index in [1.54, 1.807) is 0 Å². The second-order valence-electron chi connectivity index (χ2n) is 6.39. The third kappa shape index (κ3) is 2.73. The summed E-state index contributed by atoms with van der Waals surface area (Å²) in [6.45, 7) is 0. The fraction of sp³-hybridized carbons (Fsp3) is 0.625. The second kappa shape index (κ2) is 5.80. The SMILES string of the molecule is CN1C2CCC1CC(C(Cc1ccc(F)cc1)NN)C2. The standard InChI is InChI=1S/C16H24FN3/c1-20-14-6-7-15(20)10-12(9-14)16(19-18)8-11-2-4-13(17)5-3-11/h2-5,12,14-16,19H,6-10,18H2,1H3. The lowest BCUT2D eigenvalue weighted by Crippen LogP contribution is -2.49. The Morgan fingerprint density at radius 1 is 1.25 bits per heavy atom. The molecule has 0 amide bonds. The fourth-order valence-electron chi connectivity index (χ4n) is 4.02. The van der Waals surface area contributed by atoms with Gasteiger partial charge in [-0.05, 0) is 62.8 Å². The number of halogens is 1. The molecule has 4 heteroatoms. The van der Waals surface area contributed by atoms with Gasteiger partial charge in [0.25, 0.3) is 0 Å². The van der Waals surface area contributed by atoms with Crippen LogP contribution in [0, 0.1) is 11.7 Å². The Kier molecular flexibility index (Phi) is 4.06. The van der Waals surface area contributed by atoms with E-state index < -0.39 is 0 Å². The highest BCUT2D eigenvalue weighted by molar-refractivity contribution is 5.17. The maximum absolute atomic E-state index is 13.0. The van der Waals surface area contributed by atoms with Gasteiger partial charge >= 0.3 is 0 Å². The number of fused-ring (bicyclic) bond motifs is 2. The summed E-state index contributed by atoms with van der Waals surface area (Å²) >= 11 is 0. The lowest BCUT2D eigenvalue weighted by molar-refractivity contribution is 0.112. The molecule has 2 heterocycles. The first-order chi connectivity index (χ1) is 9.67. The minimum absolute atomic E-state index is 0.177. The third-order valence-electron chi connectivity index (χ3n) is 5.29. The summed E-state index contributed by atoms with van der Waals surface area (Å²) < 4.78 is 13.0. The van der Waals surface area contributed by atoms with Crippen molar-refractivity contribution in [2.75, 3.05) is 7.05 Å². The lowest BCUT2D eigenvalue weighted by Gasteiger charge is -2.39. The number of benzene rings is 1. The average molecular weight is 277 g/mol. The van der Waals surface area contributed by atoms with Crippen molar-refractivity contribution in [2.45, 2.75) is 50.2 Å². The summed E-state index contributed by atoms with van der Waals surface area (Å²) in [5, 5.41) is 0. The Morgan fingerprint density at radius 2 is 1.85 bits per heavy atom. The molecule has 0 aliphatic carbocycles. The number of nitrogens with one attached hydrogen (secondary N) is 1. The van der Waals surface area contributed by atoms with Crippen molar-refractivity contribution in [1.29, 1.82) is 0 Å². The minimum atomic E-state index is -0.177. The number of hydrogen-bond donors (Lipinski definition) is 2. The Bertz CT molecular complexity index is 434. The van der Waals surface area contributed by atoms with Crippen molar-refractivity contribution in [3.05, 3.63) is 35.6 Å². The van der Waals surface area contributed by atoms with Crippen LogP contribution in [0.3, 0.4) is 0 Å². The summed E-state index contributed by atoms with van der Waals surface area (Å²) in [4.78, 5) is 2.54. The number of nitrogens with zero attached hydrogens (tertiary/aromatic N) is 1. The Labute approximate surface area is 120 Å². The zero-order valence-corrected chi connectivity index (χ0v) is 12.1. The zero-order valence-electron chi connectivity index (χ0n) is 12.1. The first kappa shape index (κ1) is 14.0. The van der Waals surface area contributed by atoms with Crippen LogP contribution in [0.4, 0.5) is 4.39 Å². The summed E-state index contributed by atoms with van der Waals surface area (Å²) in [7, 11) is 2.25. The van der Waals surface area contributed by atoms with E-state index in [1.807, 2.05) is 12.1 Å². The van der Waals surface area contributed by atoms with E-state index in [0.29, 0.717) is 5.92 Å². The molecule has 3 atom stereocenters. The molecule has 2 aliphatic rings. The van der Waals surface area contributed by atoms with Crippen molar-refractivity contribution in [2.24, 2.45) is 11.8 Å². The first-order valence-corrected chi connectivity index (χ1v) is 7.60. The maximum atomic E-state index is 13.0. The van der Waals surface area contributed by atoms with Gasteiger partial charge in [0, 0.05) is 18.1 Å². The van der Waals surface area contributed by atoms with E-state index in [2.05, 4.69) is 17.4 Å². The van der Waals surface area contributed by atoms with Crippen LogP contribution in [-0.4, -0.2) is 30.1 Å². The number of nitrogens with two attached hydrogens (primary N) is 1. The van der Waals surface area contributed by atoms with Crippen LogP contribution in [0.2, 0.25) is 0 Å². The van der Waals surface area contributed by atoms with Gasteiger partial charge in [0.1, 0.15) is 5.82 Å². The molecule has 0 radical (unpaired) electrons. The van der Waals surface area contributed by atoms with Crippen molar-refractivity contribution in [1.82, 2.24) is 10.3 Å². The second-order valence-corrected chi connectivity index (χ2v) is 6.39. The van der Waals surface area contributed by atoms with Gasteiger partial charge in [0.05, 0.1) is 0 Å². The van der Waals surface area contributed by atoms with Gasteiger partial charge < -0.3 is 4.90 Å². The predicted octanol–water partition coefficient (Wildman–Crippen LogP) is 2.07. The van der Waals surface area contributed by atoms with Crippen LogP contribution in [0.5, 0.6) is 0 Å². The number of rotatable bonds is 4. The molecule has 1 aromatic rings. The van der Waals surface area contributed by atoms with Gasteiger partial charge in [-0.1, -0.05) is 12.1 Å². The number of piperidine rings is 1. The fourth-order valence-corrected chi connectivity index (χ4v) is 4.02. The highest BCUT2D eigenvalue weighted by atomic mass is 19.1. The monoisotopic (exact) mass is 277 g/mol. The molecule has 0 saturated carbocycles. The summed E-state index contributed by atoms with van der Waals surface area (Å²) in [6.07, 6.45) is 5.98. The molecule has 0 spiro atoms. The normalized spacial score (nSPS) is 31.4. The van der Waals surface area contributed by atoms with E-state index in [-0.39, 0.29) is 11.9 Å². The Balaban J connectivity index is 1.66. The molecule has 2 aliphatic heterocycles. The molecule has 3 N–H and O–H groups in total. The van der Waals surface area contributed by atoms with Gasteiger partial charge in [-0.2, -0.15) is 0 Å². The summed E-state index contributed by atoms with van der Waals surface area (Å²) in [6, 6.07) is 8.53. The molecular weight excluding hydrogens is 253 g/mol. The van der Waals surface area contributed by atoms with E-state index in [9.17, 15) is 4.39 Å². The average Bonchev–Trinajstić information content (AvgIpc) is 2.67. The summed E-state index contributed by atoms with van der Waals surface area (Å²) in [5.41, 5.74) is 4.16. The van der Waals surface area contributed by atoms with Gasteiger partial charge in [0.2, 0.25) is 0 Å². The molecular formula is C16H24FN3. The van der Waals surface area contributed by atoms with Crippen molar-refractivity contribution in [3.8, 4) is 0 Å². The molecule has 1 aromatic carbocycles. The van der Waals surface area contributed by atoms with E-state index >= 15 is 0 Å². The van der Waals surface area contributed by atoms with Crippen molar-refractivity contribution in [3.63, 3.8) is 0 Å². The van der Waals surface area contributed by atoms with Gasteiger partial charge in [-0.15, -0.1) is 0 Å². The Morgan fingerprint density at radius 3 is 2.40 bits per heavy atom. The molecule has 20 heavy (non-hydrogen) atoms. The molecule has 2 bridgehead atoms.